The van der Waals surface area contributed by atoms with Gasteiger partial charge in [0, 0.05) is 12.6 Å². The number of rotatable bonds is 4. The van der Waals surface area contributed by atoms with Crippen LogP contribution < -0.4 is 0 Å². The first-order valence-electron chi connectivity index (χ1n) is 4.93. The van der Waals surface area contributed by atoms with Crippen LogP contribution in [0.25, 0.3) is 0 Å². The normalized spacial score (nSPS) is 14.2. The summed E-state index contributed by atoms with van der Waals surface area (Å²) in [6.45, 7) is 9.59. The fourth-order valence-corrected chi connectivity index (χ4v) is 1.04. The molecule has 1 N–H and O–H groups in total. The van der Waals surface area contributed by atoms with Crippen LogP contribution in [0.4, 0.5) is 0 Å². The van der Waals surface area contributed by atoms with E-state index in [1.807, 2.05) is 27.7 Å². The number of hydrogen-bond acceptors (Lipinski definition) is 4. The van der Waals surface area contributed by atoms with Gasteiger partial charge in [-0.1, -0.05) is 6.92 Å². The monoisotopic (exact) mass is 203 g/mol. The Labute approximate surface area is 85.8 Å². The lowest BCUT2D eigenvalue weighted by Crippen LogP contribution is -2.34. The molecule has 0 bridgehead atoms. The summed E-state index contributed by atoms with van der Waals surface area (Å²) < 4.78 is 5.13. The molecular weight excluding hydrogens is 182 g/mol. The smallest absolute Gasteiger partial charge is 0.307 e. The molecular formula is C10H21NO3. The van der Waals surface area contributed by atoms with Crippen LogP contribution in [-0.4, -0.2) is 34.4 Å². The minimum absolute atomic E-state index is 0.199. The molecule has 0 saturated heterocycles. The van der Waals surface area contributed by atoms with E-state index in [2.05, 4.69) is 0 Å². The van der Waals surface area contributed by atoms with Gasteiger partial charge in [0.15, 0.2) is 0 Å². The highest BCUT2D eigenvalue weighted by Gasteiger charge is 2.20. The van der Waals surface area contributed by atoms with Gasteiger partial charge in [0.2, 0.25) is 0 Å². The average molecular weight is 203 g/mol. The second kappa shape index (κ2) is 5.32. The van der Waals surface area contributed by atoms with E-state index in [4.69, 9.17) is 4.74 Å². The van der Waals surface area contributed by atoms with Crippen molar-refractivity contribution in [1.82, 2.24) is 5.06 Å². The molecule has 0 aromatic heterocycles. The Bertz CT molecular complexity index is 186. The van der Waals surface area contributed by atoms with E-state index in [-0.39, 0.29) is 18.4 Å². The average Bonchev–Trinajstić information content (AvgIpc) is 1.99. The minimum atomic E-state index is -0.455. The molecule has 0 aromatic rings. The van der Waals surface area contributed by atoms with Crippen molar-refractivity contribution in [2.75, 3.05) is 6.54 Å². The molecule has 0 aromatic carbocycles. The van der Waals surface area contributed by atoms with Crippen LogP contribution in [0.3, 0.4) is 0 Å². The molecule has 14 heavy (non-hydrogen) atoms. The number of hydroxylamine groups is 2. The summed E-state index contributed by atoms with van der Waals surface area (Å²) in [4.78, 5) is 11.3. The van der Waals surface area contributed by atoms with Crippen molar-refractivity contribution < 1.29 is 14.7 Å². The van der Waals surface area contributed by atoms with Gasteiger partial charge in [-0.3, -0.25) is 4.79 Å². The van der Waals surface area contributed by atoms with Crippen LogP contribution in [-0.2, 0) is 9.53 Å². The maximum absolute atomic E-state index is 11.3. The number of ether oxygens (including phenoxy) is 1. The molecule has 0 aliphatic carbocycles. The number of carbonyl (C=O) groups excluding carboxylic acids is 1. The number of hydrogen-bond donors (Lipinski definition) is 1. The zero-order valence-electron chi connectivity index (χ0n) is 9.70. The molecule has 1 atom stereocenters. The lowest BCUT2D eigenvalue weighted by molar-refractivity contribution is -0.164. The summed E-state index contributed by atoms with van der Waals surface area (Å²) in [5, 5.41) is 10.4. The Balaban J connectivity index is 3.95. The zero-order chi connectivity index (χ0) is 11.4. The maximum atomic E-state index is 11.3. The van der Waals surface area contributed by atoms with Gasteiger partial charge >= 0.3 is 5.97 Å². The van der Waals surface area contributed by atoms with Gasteiger partial charge in [-0.25, -0.2) is 0 Å². The quantitative estimate of drug-likeness (QED) is 0.559. The van der Waals surface area contributed by atoms with Gasteiger partial charge in [-0.2, -0.15) is 5.06 Å². The van der Waals surface area contributed by atoms with E-state index in [0.29, 0.717) is 6.54 Å². The van der Waals surface area contributed by atoms with Crippen molar-refractivity contribution in [3.8, 4) is 0 Å². The first-order chi connectivity index (χ1) is 6.26. The molecule has 4 heteroatoms. The predicted octanol–water partition coefficient (Wildman–Crippen LogP) is 1.82. The highest BCUT2D eigenvalue weighted by molar-refractivity contribution is 5.70. The summed E-state index contributed by atoms with van der Waals surface area (Å²) in [5.41, 5.74) is -0.455. The molecule has 84 valence electrons. The Morgan fingerprint density at radius 1 is 1.50 bits per heavy atom. The van der Waals surface area contributed by atoms with E-state index >= 15 is 0 Å². The maximum Gasteiger partial charge on any atom is 0.307 e. The minimum Gasteiger partial charge on any atom is -0.460 e. The summed E-state index contributed by atoms with van der Waals surface area (Å²) in [5.74, 6) is -0.280. The third-order valence-electron chi connectivity index (χ3n) is 1.71. The van der Waals surface area contributed by atoms with Crippen LogP contribution in [0.15, 0.2) is 0 Å². The first kappa shape index (κ1) is 13.4. The lowest BCUT2D eigenvalue weighted by atomic mass is 10.2. The van der Waals surface area contributed by atoms with E-state index in [0.717, 1.165) is 5.06 Å². The van der Waals surface area contributed by atoms with Crippen LogP contribution in [0, 0.1) is 0 Å². The highest BCUT2D eigenvalue weighted by atomic mass is 16.6. The number of carbonyl (C=O) groups is 1. The van der Waals surface area contributed by atoms with Gasteiger partial charge < -0.3 is 9.94 Å². The Hall–Kier alpha value is -0.610. The Morgan fingerprint density at radius 3 is 2.36 bits per heavy atom. The molecule has 0 rings (SSSR count). The third-order valence-corrected chi connectivity index (χ3v) is 1.71. The van der Waals surface area contributed by atoms with Crippen molar-refractivity contribution in [3.05, 3.63) is 0 Å². The molecule has 4 nitrogen and oxygen atoms in total. The van der Waals surface area contributed by atoms with E-state index in [1.165, 1.54) is 0 Å². The molecule has 0 saturated carbocycles. The van der Waals surface area contributed by atoms with Gasteiger partial charge in [0.05, 0.1) is 6.42 Å². The second-order valence-electron chi connectivity index (χ2n) is 4.40. The lowest BCUT2D eigenvalue weighted by Gasteiger charge is -2.23. The zero-order valence-corrected chi connectivity index (χ0v) is 9.70. The summed E-state index contributed by atoms with van der Waals surface area (Å²) in [6, 6.07) is -0.199. The largest absolute Gasteiger partial charge is 0.460 e. The van der Waals surface area contributed by atoms with Crippen LogP contribution in [0.5, 0.6) is 0 Å². The topological polar surface area (TPSA) is 49.8 Å². The Morgan fingerprint density at radius 2 is 2.00 bits per heavy atom. The third kappa shape index (κ3) is 5.94. The van der Waals surface area contributed by atoms with Crippen molar-refractivity contribution in [2.45, 2.75) is 52.7 Å². The molecule has 0 radical (unpaired) electrons. The highest BCUT2D eigenvalue weighted by Crippen LogP contribution is 2.10. The SMILES string of the molecule is CCN(O)C(C)CC(=O)OC(C)(C)C. The molecule has 0 fully saturated rings. The Kier molecular flexibility index (Phi) is 5.08. The van der Waals surface area contributed by atoms with Crippen LogP contribution in [0.1, 0.15) is 41.0 Å². The van der Waals surface area contributed by atoms with Gasteiger partial charge in [-0.05, 0) is 27.7 Å². The van der Waals surface area contributed by atoms with Gasteiger partial charge in [0.25, 0.3) is 0 Å². The van der Waals surface area contributed by atoms with Crippen LogP contribution in [0.2, 0.25) is 0 Å². The van der Waals surface area contributed by atoms with Crippen molar-refractivity contribution >= 4 is 5.97 Å². The summed E-state index contributed by atoms with van der Waals surface area (Å²) >= 11 is 0. The standard InChI is InChI=1S/C10H21NO3/c1-6-11(13)8(2)7-9(12)14-10(3,4)5/h8,13H,6-7H2,1-5H3. The van der Waals surface area contributed by atoms with Crippen molar-refractivity contribution in [2.24, 2.45) is 0 Å². The second-order valence-corrected chi connectivity index (χ2v) is 4.40. The molecule has 0 aliphatic heterocycles. The fourth-order valence-electron chi connectivity index (χ4n) is 1.04. The summed E-state index contributed by atoms with van der Waals surface area (Å²) in [6.07, 6.45) is 0.210. The molecule has 0 amide bonds. The van der Waals surface area contributed by atoms with E-state index in [1.54, 1.807) is 6.92 Å². The van der Waals surface area contributed by atoms with Crippen LogP contribution >= 0.6 is 0 Å². The molecule has 1 unspecified atom stereocenters. The molecule has 0 spiro atoms. The summed E-state index contributed by atoms with van der Waals surface area (Å²) in [7, 11) is 0. The first-order valence-corrected chi connectivity index (χ1v) is 4.93. The molecule has 0 heterocycles. The van der Waals surface area contributed by atoms with Crippen molar-refractivity contribution in [3.63, 3.8) is 0 Å². The van der Waals surface area contributed by atoms with E-state index < -0.39 is 5.60 Å². The van der Waals surface area contributed by atoms with Crippen molar-refractivity contribution in [1.29, 1.82) is 0 Å². The molecule has 0 aliphatic rings. The number of nitrogens with zero attached hydrogens (tertiary/aromatic N) is 1. The fraction of sp³-hybridized carbons (Fsp3) is 0.900. The van der Waals surface area contributed by atoms with Gasteiger partial charge in [0.1, 0.15) is 5.60 Å². The predicted molar refractivity (Wildman–Crippen MR) is 54.1 cm³/mol. The van der Waals surface area contributed by atoms with E-state index in [9.17, 15) is 10.0 Å². The van der Waals surface area contributed by atoms with Gasteiger partial charge in [-0.15, -0.1) is 0 Å². The number of esters is 1.